The first-order chi connectivity index (χ1) is 12.3. The van der Waals surface area contributed by atoms with Crippen molar-refractivity contribution in [2.75, 3.05) is 0 Å². The maximum atomic E-state index is 12.4. The number of hydrogen-bond donors (Lipinski definition) is 0. The van der Waals surface area contributed by atoms with Crippen LogP contribution in [0.2, 0.25) is 5.02 Å². The van der Waals surface area contributed by atoms with E-state index in [-0.39, 0.29) is 17.9 Å². The SMILES string of the molecule is O=C(OCc1cc(-c2ccc(Cl)cc2)no1)c1ccc(C(F)(F)F)nc1. The fourth-order valence-electron chi connectivity index (χ4n) is 2.04. The van der Waals surface area contributed by atoms with Crippen molar-refractivity contribution < 1.29 is 27.2 Å². The van der Waals surface area contributed by atoms with Gasteiger partial charge >= 0.3 is 12.1 Å². The predicted molar refractivity (Wildman–Crippen MR) is 85.3 cm³/mol. The van der Waals surface area contributed by atoms with Gasteiger partial charge in [-0.1, -0.05) is 28.9 Å². The zero-order valence-corrected chi connectivity index (χ0v) is 13.7. The van der Waals surface area contributed by atoms with Crippen molar-refractivity contribution in [3.05, 3.63) is 70.7 Å². The van der Waals surface area contributed by atoms with E-state index >= 15 is 0 Å². The molecule has 3 rings (SSSR count). The first-order valence-electron chi connectivity index (χ1n) is 7.25. The van der Waals surface area contributed by atoms with Crippen molar-refractivity contribution >= 4 is 17.6 Å². The Balaban J connectivity index is 1.62. The van der Waals surface area contributed by atoms with E-state index in [0.29, 0.717) is 16.8 Å². The highest BCUT2D eigenvalue weighted by Crippen LogP contribution is 2.27. The van der Waals surface area contributed by atoms with Crippen molar-refractivity contribution in [3.8, 4) is 11.3 Å². The van der Waals surface area contributed by atoms with E-state index in [4.69, 9.17) is 20.9 Å². The van der Waals surface area contributed by atoms with Crippen LogP contribution >= 0.6 is 11.6 Å². The molecule has 0 N–H and O–H groups in total. The van der Waals surface area contributed by atoms with E-state index in [2.05, 4.69) is 10.1 Å². The van der Waals surface area contributed by atoms with E-state index < -0.39 is 17.8 Å². The summed E-state index contributed by atoms with van der Waals surface area (Å²) in [5.41, 5.74) is 0.110. The number of alkyl halides is 3. The molecule has 1 aromatic carbocycles. The van der Waals surface area contributed by atoms with Crippen LogP contribution in [0.1, 0.15) is 21.8 Å². The number of esters is 1. The van der Waals surface area contributed by atoms with Crippen LogP contribution in [-0.2, 0) is 17.5 Å². The number of hydrogen-bond acceptors (Lipinski definition) is 5. The Hall–Kier alpha value is -2.87. The second kappa shape index (κ2) is 7.17. The molecular formula is C17H10ClF3N2O3. The molecule has 0 radical (unpaired) electrons. The highest BCUT2D eigenvalue weighted by molar-refractivity contribution is 6.30. The summed E-state index contributed by atoms with van der Waals surface area (Å²) in [5, 5.41) is 4.44. The maximum Gasteiger partial charge on any atom is 0.433 e. The molecule has 26 heavy (non-hydrogen) atoms. The van der Waals surface area contributed by atoms with Crippen molar-refractivity contribution in [1.82, 2.24) is 10.1 Å². The third-order valence-electron chi connectivity index (χ3n) is 3.33. The minimum Gasteiger partial charge on any atom is -0.454 e. The summed E-state index contributed by atoms with van der Waals surface area (Å²) in [6.07, 6.45) is -3.76. The van der Waals surface area contributed by atoms with Crippen molar-refractivity contribution in [2.24, 2.45) is 0 Å². The van der Waals surface area contributed by atoms with E-state index in [0.717, 1.165) is 17.8 Å². The molecule has 0 amide bonds. The summed E-state index contributed by atoms with van der Waals surface area (Å²) in [6, 6.07) is 10.2. The second-order valence-corrected chi connectivity index (χ2v) is 5.63. The van der Waals surface area contributed by atoms with Crippen LogP contribution in [0, 0.1) is 0 Å². The van der Waals surface area contributed by atoms with Gasteiger partial charge in [0.25, 0.3) is 0 Å². The summed E-state index contributed by atoms with van der Waals surface area (Å²) in [4.78, 5) is 15.1. The fourth-order valence-corrected chi connectivity index (χ4v) is 2.17. The molecule has 0 fully saturated rings. The van der Waals surface area contributed by atoms with Gasteiger partial charge < -0.3 is 9.26 Å². The number of aromatic nitrogens is 2. The summed E-state index contributed by atoms with van der Waals surface area (Å²) in [6.45, 7) is -0.222. The Bertz CT molecular complexity index is 906. The lowest BCUT2D eigenvalue weighted by molar-refractivity contribution is -0.141. The first kappa shape index (κ1) is 17.9. The summed E-state index contributed by atoms with van der Waals surface area (Å²) in [7, 11) is 0. The number of benzene rings is 1. The quantitative estimate of drug-likeness (QED) is 0.608. The van der Waals surface area contributed by atoms with Gasteiger partial charge in [0.05, 0.1) is 5.56 Å². The van der Waals surface area contributed by atoms with Gasteiger partial charge in [-0.2, -0.15) is 13.2 Å². The Morgan fingerprint density at radius 3 is 2.50 bits per heavy atom. The molecule has 9 heteroatoms. The smallest absolute Gasteiger partial charge is 0.433 e. The molecule has 0 aliphatic heterocycles. The van der Waals surface area contributed by atoms with Crippen molar-refractivity contribution in [3.63, 3.8) is 0 Å². The van der Waals surface area contributed by atoms with Crippen LogP contribution in [-0.4, -0.2) is 16.1 Å². The Kier molecular flexibility index (Phi) is 4.94. The van der Waals surface area contributed by atoms with Gasteiger partial charge in [0.1, 0.15) is 11.4 Å². The molecule has 2 heterocycles. The van der Waals surface area contributed by atoms with E-state index in [1.165, 1.54) is 0 Å². The minimum absolute atomic E-state index is 0.101. The molecule has 0 unspecified atom stereocenters. The van der Waals surface area contributed by atoms with Crippen LogP contribution in [0.5, 0.6) is 0 Å². The van der Waals surface area contributed by atoms with Gasteiger partial charge in [0.15, 0.2) is 12.4 Å². The van der Waals surface area contributed by atoms with E-state index in [9.17, 15) is 18.0 Å². The van der Waals surface area contributed by atoms with Gasteiger partial charge in [-0.05, 0) is 24.3 Å². The average Bonchev–Trinajstić information content (AvgIpc) is 3.08. The van der Waals surface area contributed by atoms with Crippen LogP contribution in [0.4, 0.5) is 13.2 Å². The van der Waals surface area contributed by atoms with Crippen LogP contribution < -0.4 is 0 Å². The third-order valence-corrected chi connectivity index (χ3v) is 3.59. The molecule has 0 aliphatic carbocycles. The molecule has 0 aliphatic rings. The highest BCUT2D eigenvalue weighted by atomic mass is 35.5. The van der Waals surface area contributed by atoms with Gasteiger partial charge in [-0.15, -0.1) is 0 Å². The Morgan fingerprint density at radius 2 is 1.88 bits per heavy atom. The Morgan fingerprint density at radius 1 is 1.15 bits per heavy atom. The number of rotatable bonds is 4. The molecule has 3 aromatic rings. The molecule has 0 atom stereocenters. The second-order valence-electron chi connectivity index (χ2n) is 5.19. The lowest BCUT2D eigenvalue weighted by atomic mass is 10.1. The number of nitrogens with zero attached hydrogens (tertiary/aromatic N) is 2. The molecule has 2 aromatic heterocycles. The normalized spacial score (nSPS) is 11.4. The number of halogens is 4. The zero-order chi connectivity index (χ0) is 18.7. The number of ether oxygens (including phenoxy) is 1. The largest absolute Gasteiger partial charge is 0.454 e. The summed E-state index contributed by atoms with van der Waals surface area (Å²) >= 11 is 5.81. The number of pyridine rings is 1. The molecule has 0 saturated carbocycles. The molecule has 0 saturated heterocycles. The molecule has 5 nitrogen and oxygen atoms in total. The van der Waals surface area contributed by atoms with Gasteiger partial charge in [-0.3, -0.25) is 4.98 Å². The maximum absolute atomic E-state index is 12.4. The van der Waals surface area contributed by atoms with Gasteiger partial charge in [0, 0.05) is 22.8 Å². The van der Waals surface area contributed by atoms with Crippen molar-refractivity contribution in [1.29, 1.82) is 0 Å². The van der Waals surface area contributed by atoms with Crippen molar-refractivity contribution in [2.45, 2.75) is 12.8 Å². The first-order valence-corrected chi connectivity index (χ1v) is 7.62. The standard InChI is InChI=1S/C17H10ClF3N2O3/c18-12-4-1-10(2-5-12)14-7-13(26-23-14)9-25-16(24)11-3-6-15(22-8-11)17(19,20)21/h1-8H,9H2. The summed E-state index contributed by atoms with van der Waals surface area (Å²) in [5.74, 6) is -0.543. The molecular weight excluding hydrogens is 373 g/mol. The molecule has 0 bridgehead atoms. The summed E-state index contributed by atoms with van der Waals surface area (Å²) < 4.78 is 47.4. The van der Waals surface area contributed by atoms with Crippen LogP contribution in [0.25, 0.3) is 11.3 Å². The molecule has 0 spiro atoms. The minimum atomic E-state index is -4.57. The number of carbonyl (C=O) groups is 1. The third kappa shape index (κ3) is 4.20. The average molecular weight is 383 g/mol. The van der Waals surface area contributed by atoms with Crippen LogP contribution in [0.3, 0.4) is 0 Å². The lowest BCUT2D eigenvalue weighted by Crippen LogP contribution is -2.10. The van der Waals surface area contributed by atoms with E-state index in [1.807, 2.05) is 0 Å². The monoisotopic (exact) mass is 382 g/mol. The number of carbonyl (C=O) groups excluding carboxylic acids is 1. The van der Waals surface area contributed by atoms with Gasteiger partial charge in [0.2, 0.25) is 0 Å². The highest BCUT2D eigenvalue weighted by Gasteiger charge is 2.32. The fraction of sp³-hybridized carbons (Fsp3) is 0.118. The van der Waals surface area contributed by atoms with Crippen LogP contribution in [0.15, 0.2) is 53.2 Å². The lowest BCUT2D eigenvalue weighted by Gasteiger charge is -2.06. The van der Waals surface area contributed by atoms with E-state index in [1.54, 1.807) is 30.3 Å². The molecule has 134 valence electrons. The topological polar surface area (TPSA) is 65.2 Å². The predicted octanol–water partition coefficient (Wildman–Crippen LogP) is 4.77. The zero-order valence-electron chi connectivity index (χ0n) is 13.0. The Labute approximate surface area is 150 Å². The van der Waals surface area contributed by atoms with Gasteiger partial charge in [-0.25, -0.2) is 4.79 Å².